The molecule has 0 aromatic heterocycles. The number of esters is 1. The summed E-state index contributed by atoms with van der Waals surface area (Å²) in [5.41, 5.74) is 1.30. The molecule has 0 radical (unpaired) electrons. The molecule has 7 nitrogen and oxygen atoms in total. The van der Waals surface area contributed by atoms with Crippen molar-refractivity contribution < 1.29 is 22.7 Å². The second kappa shape index (κ2) is 6.99. The molecular formula is C15H20N2O5S. The van der Waals surface area contributed by atoms with Crippen LogP contribution in [0.4, 0.5) is 5.69 Å². The first kappa shape index (κ1) is 17.3. The second-order valence-corrected chi connectivity index (χ2v) is 7.91. The van der Waals surface area contributed by atoms with Crippen LogP contribution in [0.25, 0.3) is 0 Å². The molecule has 1 fully saturated rings. The fourth-order valence-corrected chi connectivity index (χ4v) is 3.96. The molecular weight excluding hydrogens is 320 g/mol. The summed E-state index contributed by atoms with van der Waals surface area (Å²) >= 11 is 0. The van der Waals surface area contributed by atoms with Gasteiger partial charge in [0.1, 0.15) is 0 Å². The lowest BCUT2D eigenvalue weighted by Crippen LogP contribution is -2.38. The van der Waals surface area contributed by atoms with E-state index in [1.54, 1.807) is 24.3 Å². The Labute approximate surface area is 135 Å². The largest absolute Gasteiger partial charge is 0.452 e. The van der Waals surface area contributed by atoms with Crippen LogP contribution in [0, 0.1) is 0 Å². The zero-order valence-corrected chi connectivity index (χ0v) is 13.9. The predicted octanol–water partition coefficient (Wildman–Crippen LogP) is 0.213. The van der Waals surface area contributed by atoms with Crippen LogP contribution in [0.15, 0.2) is 24.3 Å². The number of amides is 1. The van der Waals surface area contributed by atoms with Gasteiger partial charge in [0.2, 0.25) is 0 Å². The first-order valence-electron chi connectivity index (χ1n) is 7.21. The molecule has 1 amide bonds. The monoisotopic (exact) mass is 340 g/mol. The lowest BCUT2D eigenvalue weighted by Gasteiger charge is -2.13. The van der Waals surface area contributed by atoms with E-state index < -0.39 is 34.4 Å². The molecule has 0 spiro atoms. The third kappa shape index (κ3) is 4.95. The van der Waals surface area contributed by atoms with E-state index in [4.69, 9.17) is 4.74 Å². The van der Waals surface area contributed by atoms with Gasteiger partial charge in [0.05, 0.1) is 17.1 Å². The molecule has 0 aliphatic carbocycles. The van der Waals surface area contributed by atoms with Crippen molar-refractivity contribution in [2.24, 2.45) is 0 Å². The number of anilines is 1. The maximum atomic E-state index is 11.9. The molecule has 1 atom stereocenters. The predicted molar refractivity (Wildman–Crippen MR) is 86.3 cm³/mol. The number of ether oxygens (including phenoxy) is 1. The van der Waals surface area contributed by atoms with Crippen molar-refractivity contribution in [1.29, 1.82) is 0 Å². The van der Waals surface area contributed by atoms with Gasteiger partial charge in [-0.05, 0) is 30.7 Å². The summed E-state index contributed by atoms with van der Waals surface area (Å²) in [5.74, 6) is -1.07. The number of nitrogens with one attached hydrogen (secondary N) is 1. The fourth-order valence-electron chi connectivity index (χ4n) is 2.29. The summed E-state index contributed by atoms with van der Waals surface area (Å²) in [6.45, 7) is -0.426. The molecule has 0 unspecified atom stereocenters. The third-order valence-corrected chi connectivity index (χ3v) is 5.32. The highest BCUT2D eigenvalue weighted by atomic mass is 32.2. The normalized spacial score (nSPS) is 19.1. The van der Waals surface area contributed by atoms with E-state index >= 15 is 0 Å². The van der Waals surface area contributed by atoms with Crippen molar-refractivity contribution in [3.05, 3.63) is 29.8 Å². The number of sulfone groups is 1. The van der Waals surface area contributed by atoms with E-state index in [0.717, 1.165) is 5.69 Å². The smallest absolute Gasteiger partial charge is 0.338 e. The fraction of sp³-hybridized carbons (Fsp3) is 0.467. The maximum Gasteiger partial charge on any atom is 0.338 e. The Hall–Kier alpha value is -2.09. The highest BCUT2D eigenvalue weighted by molar-refractivity contribution is 7.91. The van der Waals surface area contributed by atoms with E-state index in [9.17, 15) is 18.0 Å². The van der Waals surface area contributed by atoms with Gasteiger partial charge in [-0.2, -0.15) is 0 Å². The number of carbonyl (C=O) groups is 2. The summed E-state index contributed by atoms with van der Waals surface area (Å²) in [5, 5.41) is 2.56. The Morgan fingerprint density at radius 3 is 2.43 bits per heavy atom. The van der Waals surface area contributed by atoms with E-state index in [0.29, 0.717) is 12.0 Å². The van der Waals surface area contributed by atoms with E-state index in [2.05, 4.69) is 5.32 Å². The Kier molecular flexibility index (Phi) is 5.25. The van der Waals surface area contributed by atoms with Crippen LogP contribution in [-0.2, 0) is 19.4 Å². The molecule has 1 saturated heterocycles. The summed E-state index contributed by atoms with van der Waals surface area (Å²) in [6, 6.07) is 6.41. The van der Waals surface area contributed by atoms with Crippen LogP contribution in [0.5, 0.6) is 0 Å². The minimum Gasteiger partial charge on any atom is -0.452 e. The summed E-state index contributed by atoms with van der Waals surface area (Å²) in [7, 11) is 0.727. The lowest BCUT2D eigenvalue weighted by molar-refractivity contribution is -0.124. The molecule has 1 aliphatic rings. The number of nitrogens with zero attached hydrogens (tertiary/aromatic N) is 1. The standard InChI is InChI=1S/C15H20N2O5S/c1-17(2)13-5-3-11(4-6-13)15(19)22-9-14(18)16-12-7-8-23(20,21)10-12/h3-6,12H,7-10H2,1-2H3,(H,16,18)/t12-/m1/s1. The number of hydrogen-bond acceptors (Lipinski definition) is 6. The van der Waals surface area contributed by atoms with Gasteiger partial charge in [-0.3, -0.25) is 4.79 Å². The highest BCUT2D eigenvalue weighted by Crippen LogP contribution is 2.13. The van der Waals surface area contributed by atoms with Crippen LogP contribution in [-0.4, -0.2) is 58.5 Å². The first-order valence-corrected chi connectivity index (χ1v) is 9.03. The maximum absolute atomic E-state index is 11.9. The quantitative estimate of drug-likeness (QED) is 0.771. The second-order valence-electron chi connectivity index (χ2n) is 5.68. The molecule has 1 heterocycles. The lowest BCUT2D eigenvalue weighted by atomic mass is 10.2. The van der Waals surface area contributed by atoms with Crippen molar-refractivity contribution >= 4 is 27.4 Å². The SMILES string of the molecule is CN(C)c1ccc(C(=O)OCC(=O)N[C@@H]2CCS(=O)(=O)C2)cc1. The Morgan fingerprint density at radius 1 is 1.26 bits per heavy atom. The van der Waals surface area contributed by atoms with E-state index in [-0.39, 0.29) is 11.5 Å². The number of carbonyl (C=O) groups excluding carboxylic acids is 2. The molecule has 0 bridgehead atoms. The molecule has 8 heteroatoms. The molecule has 0 saturated carbocycles. The van der Waals surface area contributed by atoms with Crippen LogP contribution in [0.1, 0.15) is 16.8 Å². The van der Waals surface area contributed by atoms with Gasteiger partial charge >= 0.3 is 5.97 Å². The van der Waals surface area contributed by atoms with Crippen molar-refractivity contribution in [2.75, 3.05) is 37.1 Å². The Morgan fingerprint density at radius 2 is 1.91 bits per heavy atom. The topological polar surface area (TPSA) is 92.8 Å². The Balaban J connectivity index is 1.81. The van der Waals surface area contributed by atoms with Crippen molar-refractivity contribution in [3.63, 3.8) is 0 Å². The average molecular weight is 340 g/mol. The van der Waals surface area contributed by atoms with Gasteiger partial charge in [-0.25, -0.2) is 13.2 Å². The van der Waals surface area contributed by atoms with E-state index in [1.165, 1.54) is 0 Å². The van der Waals surface area contributed by atoms with Gasteiger partial charge in [-0.15, -0.1) is 0 Å². The van der Waals surface area contributed by atoms with Crippen molar-refractivity contribution in [3.8, 4) is 0 Å². The average Bonchev–Trinajstić information content (AvgIpc) is 2.83. The number of hydrogen-bond donors (Lipinski definition) is 1. The Bertz CT molecular complexity index is 682. The van der Waals surface area contributed by atoms with Crippen LogP contribution in [0.2, 0.25) is 0 Å². The van der Waals surface area contributed by atoms with E-state index in [1.807, 2.05) is 19.0 Å². The minimum atomic E-state index is -3.05. The van der Waals surface area contributed by atoms with Gasteiger partial charge in [0.25, 0.3) is 5.91 Å². The van der Waals surface area contributed by atoms with Gasteiger partial charge in [0, 0.05) is 25.8 Å². The zero-order chi connectivity index (χ0) is 17.0. The minimum absolute atomic E-state index is 0.0569. The van der Waals surface area contributed by atoms with Crippen molar-refractivity contribution in [2.45, 2.75) is 12.5 Å². The molecule has 1 N–H and O–H groups in total. The van der Waals surface area contributed by atoms with Crippen LogP contribution >= 0.6 is 0 Å². The van der Waals surface area contributed by atoms with Gasteiger partial charge in [-0.1, -0.05) is 0 Å². The molecule has 2 rings (SSSR count). The molecule has 1 aromatic rings. The number of benzene rings is 1. The first-order chi connectivity index (χ1) is 10.8. The molecule has 23 heavy (non-hydrogen) atoms. The molecule has 1 aromatic carbocycles. The van der Waals surface area contributed by atoms with Gasteiger partial charge < -0.3 is 15.0 Å². The third-order valence-electron chi connectivity index (χ3n) is 3.55. The van der Waals surface area contributed by atoms with Crippen molar-refractivity contribution in [1.82, 2.24) is 5.32 Å². The summed E-state index contributed by atoms with van der Waals surface area (Å²) in [4.78, 5) is 25.5. The zero-order valence-electron chi connectivity index (χ0n) is 13.1. The summed E-state index contributed by atoms with van der Waals surface area (Å²) in [6.07, 6.45) is 0.397. The highest BCUT2D eigenvalue weighted by Gasteiger charge is 2.29. The summed E-state index contributed by atoms with van der Waals surface area (Å²) < 4.78 is 27.6. The molecule has 126 valence electrons. The number of rotatable bonds is 5. The van der Waals surface area contributed by atoms with Crippen LogP contribution in [0.3, 0.4) is 0 Å². The molecule has 1 aliphatic heterocycles. The van der Waals surface area contributed by atoms with Gasteiger partial charge in [0.15, 0.2) is 16.4 Å². The van der Waals surface area contributed by atoms with Crippen LogP contribution < -0.4 is 10.2 Å².